The molecule has 2 heterocycles. The highest BCUT2D eigenvalue weighted by molar-refractivity contribution is 5.70. The van der Waals surface area contributed by atoms with Gasteiger partial charge < -0.3 is 23.9 Å². The van der Waals surface area contributed by atoms with E-state index < -0.39 is 5.60 Å². The van der Waals surface area contributed by atoms with Gasteiger partial charge in [0.15, 0.2) is 5.65 Å². The summed E-state index contributed by atoms with van der Waals surface area (Å²) in [5, 5.41) is 9.50. The minimum Gasteiger partial charge on any atom is -0.497 e. The van der Waals surface area contributed by atoms with Crippen molar-refractivity contribution < 1.29 is 19.3 Å². The van der Waals surface area contributed by atoms with Crippen molar-refractivity contribution in [2.24, 2.45) is 0 Å². The maximum absolute atomic E-state index is 9.50. The van der Waals surface area contributed by atoms with Crippen LogP contribution >= 0.6 is 0 Å². The van der Waals surface area contributed by atoms with Crippen molar-refractivity contribution in [3.05, 3.63) is 114 Å². The third kappa shape index (κ3) is 4.83. The molecule has 0 aliphatic heterocycles. The van der Waals surface area contributed by atoms with Crippen LogP contribution in [0.25, 0.3) is 11.2 Å². The van der Waals surface area contributed by atoms with Crippen LogP contribution in [0, 0.1) is 0 Å². The standard InChI is InChI=1S/C30H30N4O4/c1-36-25-13-9-23(10-14-25)30(22-7-4-3-5-8-22,24-11-15-26(37-2)16-12-24)38-20-28-33-27-19-31-21-32-29(27)34(28)17-6-18-35/h3-5,7-16,19,21,35H,6,17-18,20H2,1-2H3. The lowest BCUT2D eigenvalue weighted by Gasteiger charge is -2.36. The molecule has 0 fully saturated rings. The van der Waals surface area contributed by atoms with Gasteiger partial charge in [0.25, 0.3) is 0 Å². The van der Waals surface area contributed by atoms with Crippen LogP contribution < -0.4 is 9.47 Å². The number of methoxy groups -OCH3 is 2. The van der Waals surface area contributed by atoms with Crippen molar-refractivity contribution >= 4 is 11.2 Å². The topological polar surface area (TPSA) is 91.5 Å². The Morgan fingerprint density at radius 3 is 2.00 bits per heavy atom. The summed E-state index contributed by atoms with van der Waals surface area (Å²) in [5.41, 5.74) is 3.27. The number of aliphatic hydroxyl groups is 1. The first-order valence-corrected chi connectivity index (χ1v) is 12.4. The fourth-order valence-electron chi connectivity index (χ4n) is 4.75. The molecule has 1 N–H and O–H groups in total. The lowest BCUT2D eigenvalue weighted by molar-refractivity contribution is -0.00446. The van der Waals surface area contributed by atoms with Crippen molar-refractivity contribution in [3.8, 4) is 11.5 Å². The molecule has 3 aromatic carbocycles. The Kier molecular flexibility index (Phi) is 7.62. The largest absolute Gasteiger partial charge is 0.497 e. The molecule has 0 bridgehead atoms. The number of hydrogen-bond donors (Lipinski definition) is 1. The van der Waals surface area contributed by atoms with Crippen molar-refractivity contribution in [1.29, 1.82) is 0 Å². The van der Waals surface area contributed by atoms with Gasteiger partial charge in [-0.15, -0.1) is 0 Å². The monoisotopic (exact) mass is 510 g/mol. The fourth-order valence-corrected chi connectivity index (χ4v) is 4.75. The van der Waals surface area contributed by atoms with Crippen LogP contribution in [0.4, 0.5) is 0 Å². The molecule has 0 atom stereocenters. The second-order valence-electron chi connectivity index (χ2n) is 8.78. The van der Waals surface area contributed by atoms with Gasteiger partial charge in [-0.3, -0.25) is 0 Å². The molecule has 0 spiro atoms. The summed E-state index contributed by atoms with van der Waals surface area (Å²) >= 11 is 0. The van der Waals surface area contributed by atoms with Crippen molar-refractivity contribution in [1.82, 2.24) is 19.5 Å². The van der Waals surface area contributed by atoms with Gasteiger partial charge in [0.2, 0.25) is 0 Å². The van der Waals surface area contributed by atoms with Gasteiger partial charge in [-0.2, -0.15) is 0 Å². The number of benzene rings is 3. The molecule has 5 rings (SSSR count). The van der Waals surface area contributed by atoms with Gasteiger partial charge in [-0.05, 0) is 47.4 Å². The van der Waals surface area contributed by atoms with Crippen LogP contribution in [-0.2, 0) is 23.5 Å². The molecule has 0 saturated carbocycles. The van der Waals surface area contributed by atoms with Gasteiger partial charge >= 0.3 is 0 Å². The van der Waals surface area contributed by atoms with Crippen LogP contribution in [0.3, 0.4) is 0 Å². The zero-order chi connectivity index (χ0) is 26.4. The zero-order valence-corrected chi connectivity index (χ0v) is 21.4. The van der Waals surface area contributed by atoms with Gasteiger partial charge in [-0.1, -0.05) is 54.6 Å². The zero-order valence-electron chi connectivity index (χ0n) is 21.4. The van der Waals surface area contributed by atoms with Crippen LogP contribution in [0.1, 0.15) is 28.9 Å². The maximum Gasteiger partial charge on any atom is 0.163 e. The van der Waals surface area contributed by atoms with Crippen molar-refractivity contribution in [3.63, 3.8) is 0 Å². The highest BCUT2D eigenvalue weighted by Crippen LogP contribution is 2.42. The fraction of sp³-hybridized carbons (Fsp3) is 0.233. The Balaban J connectivity index is 1.66. The molecule has 8 nitrogen and oxygen atoms in total. The molecule has 0 amide bonds. The van der Waals surface area contributed by atoms with E-state index >= 15 is 0 Å². The van der Waals surface area contributed by atoms with E-state index in [1.807, 2.05) is 71.3 Å². The summed E-state index contributed by atoms with van der Waals surface area (Å²) in [5.74, 6) is 2.22. The molecule has 194 valence electrons. The Morgan fingerprint density at radius 2 is 1.42 bits per heavy atom. The number of aliphatic hydroxyl groups excluding tert-OH is 1. The van der Waals surface area contributed by atoms with E-state index in [9.17, 15) is 5.11 Å². The normalized spacial score (nSPS) is 11.6. The predicted molar refractivity (Wildman–Crippen MR) is 144 cm³/mol. The second kappa shape index (κ2) is 11.4. The number of hydrogen-bond acceptors (Lipinski definition) is 7. The number of ether oxygens (including phenoxy) is 3. The van der Waals surface area contributed by atoms with Gasteiger partial charge in [0.05, 0.1) is 20.4 Å². The average molecular weight is 511 g/mol. The third-order valence-electron chi connectivity index (χ3n) is 6.62. The summed E-state index contributed by atoms with van der Waals surface area (Å²) < 4.78 is 19.9. The van der Waals surface area contributed by atoms with Crippen molar-refractivity contribution in [2.45, 2.75) is 25.2 Å². The first-order valence-electron chi connectivity index (χ1n) is 12.4. The number of aromatic nitrogens is 4. The first kappa shape index (κ1) is 25.4. The SMILES string of the molecule is COc1ccc(C(OCc2nc3cncnc3n2CCCO)(c2ccccc2)c2ccc(OC)cc2)cc1. The smallest absolute Gasteiger partial charge is 0.163 e. The van der Waals surface area contributed by atoms with Crippen LogP contribution in [-0.4, -0.2) is 45.5 Å². The quantitative estimate of drug-likeness (QED) is 0.257. The Hall–Kier alpha value is -4.27. The van der Waals surface area contributed by atoms with Crippen molar-refractivity contribution in [2.75, 3.05) is 20.8 Å². The minimum atomic E-state index is -0.967. The molecule has 0 aliphatic rings. The van der Waals surface area contributed by atoms with E-state index in [1.165, 1.54) is 6.33 Å². The van der Waals surface area contributed by atoms with E-state index in [-0.39, 0.29) is 13.2 Å². The molecule has 0 unspecified atom stereocenters. The lowest BCUT2D eigenvalue weighted by Crippen LogP contribution is -2.33. The molecule has 0 aliphatic carbocycles. The molecule has 0 saturated heterocycles. The second-order valence-corrected chi connectivity index (χ2v) is 8.78. The maximum atomic E-state index is 9.50. The van der Waals surface area contributed by atoms with Crippen LogP contribution in [0.5, 0.6) is 11.5 Å². The highest BCUT2D eigenvalue weighted by Gasteiger charge is 2.38. The van der Waals surface area contributed by atoms with E-state index in [0.717, 1.165) is 28.2 Å². The minimum absolute atomic E-state index is 0.0662. The number of nitrogens with zero attached hydrogens (tertiary/aromatic N) is 4. The number of aryl methyl sites for hydroxylation is 1. The molecule has 38 heavy (non-hydrogen) atoms. The number of imidazole rings is 1. The Morgan fingerprint density at radius 1 is 0.816 bits per heavy atom. The summed E-state index contributed by atoms with van der Waals surface area (Å²) in [6.07, 6.45) is 3.77. The summed E-state index contributed by atoms with van der Waals surface area (Å²) in [6, 6.07) is 26.0. The third-order valence-corrected chi connectivity index (χ3v) is 6.62. The number of fused-ring (bicyclic) bond motifs is 1. The van der Waals surface area contributed by atoms with E-state index in [2.05, 4.69) is 22.1 Å². The lowest BCUT2D eigenvalue weighted by atomic mass is 9.80. The number of rotatable bonds is 11. The van der Waals surface area contributed by atoms with Crippen LogP contribution in [0.15, 0.2) is 91.4 Å². The van der Waals surface area contributed by atoms with Gasteiger partial charge in [0.1, 0.15) is 41.4 Å². The predicted octanol–water partition coefficient (Wildman–Crippen LogP) is 4.73. The summed E-state index contributed by atoms with van der Waals surface area (Å²) in [4.78, 5) is 13.4. The van der Waals surface area contributed by atoms with Crippen LogP contribution in [0.2, 0.25) is 0 Å². The molecular weight excluding hydrogens is 480 g/mol. The molecular formula is C30H30N4O4. The molecule has 2 aromatic heterocycles. The summed E-state index contributed by atoms with van der Waals surface area (Å²) in [7, 11) is 3.30. The summed E-state index contributed by atoms with van der Waals surface area (Å²) in [6.45, 7) is 0.817. The Labute approximate surface area is 221 Å². The molecule has 8 heteroatoms. The molecule has 5 aromatic rings. The average Bonchev–Trinajstić information content (AvgIpc) is 3.34. The highest BCUT2D eigenvalue weighted by atomic mass is 16.5. The van der Waals surface area contributed by atoms with E-state index in [4.69, 9.17) is 19.2 Å². The Bertz CT molecular complexity index is 1420. The molecule has 0 radical (unpaired) electrons. The van der Waals surface area contributed by atoms with Gasteiger partial charge in [-0.25, -0.2) is 15.0 Å². The van der Waals surface area contributed by atoms with E-state index in [0.29, 0.717) is 30.0 Å². The van der Waals surface area contributed by atoms with Gasteiger partial charge in [0, 0.05) is 13.2 Å². The van der Waals surface area contributed by atoms with E-state index in [1.54, 1.807) is 20.4 Å². The first-order chi connectivity index (χ1) is 18.7.